The average Bonchev–Trinajstić information content (AvgIpc) is 2.37. The molecule has 0 unspecified atom stereocenters. The van der Waals surface area contributed by atoms with Crippen LogP contribution in [0.2, 0.25) is 0 Å². The van der Waals surface area contributed by atoms with E-state index in [1.807, 2.05) is 20.8 Å². The Labute approximate surface area is 119 Å². The van der Waals surface area contributed by atoms with Crippen molar-refractivity contribution in [1.29, 1.82) is 0 Å². The minimum atomic E-state index is -0.944. The molecule has 1 aromatic rings. The van der Waals surface area contributed by atoms with Crippen molar-refractivity contribution in [2.45, 2.75) is 33.2 Å². The summed E-state index contributed by atoms with van der Waals surface area (Å²) in [6.07, 6.45) is 0.641. The first-order valence-electron chi connectivity index (χ1n) is 6.57. The van der Waals surface area contributed by atoms with E-state index in [-0.39, 0.29) is 16.9 Å². The van der Waals surface area contributed by atoms with E-state index in [0.717, 1.165) is 5.56 Å². The number of rotatable bonds is 5. The van der Waals surface area contributed by atoms with Crippen LogP contribution in [0.4, 0.5) is 0 Å². The summed E-state index contributed by atoms with van der Waals surface area (Å²) in [4.78, 5) is 22.5. The zero-order chi connectivity index (χ0) is 15.3. The second kappa shape index (κ2) is 6.52. The molecule has 0 saturated carbocycles. The third kappa shape index (κ3) is 4.66. The number of amides is 1. The van der Waals surface area contributed by atoms with Crippen LogP contribution in [0.3, 0.4) is 0 Å². The lowest BCUT2D eigenvalue weighted by Gasteiger charge is -2.25. The molecule has 5 nitrogen and oxygen atoms in total. The maximum atomic E-state index is 11.8. The highest BCUT2D eigenvalue weighted by Crippen LogP contribution is 2.17. The Morgan fingerprint density at radius 3 is 2.25 bits per heavy atom. The van der Waals surface area contributed by atoms with Crippen LogP contribution in [0.1, 0.15) is 36.7 Å². The molecule has 0 aromatic heterocycles. The van der Waals surface area contributed by atoms with Gasteiger partial charge in [0.05, 0.1) is 11.6 Å². The Hall–Kier alpha value is -1.88. The number of nitrogens with two attached hydrogens (primary N) is 1. The molecule has 110 valence electrons. The number of hydrogen-bond acceptors (Lipinski definition) is 3. The lowest BCUT2D eigenvalue weighted by molar-refractivity contribution is -0.124. The number of aromatic carboxylic acids is 1. The highest BCUT2D eigenvalue weighted by molar-refractivity contribution is 5.87. The molecule has 1 atom stereocenters. The highest BCUT2D eigenvalue weighted by atomic mass is 16.4. The van der Waals surface area contributed by atoms with Crippen molar-refractivity contribution in [3.63, 3.8) is 0 Å². The predicted octanol–water partition coefficient (Wildman–Crippen LogP) is 1.42. The fourth-order valence-corrected chi connectivity index (χ4v) is 1.65. The molecule has 1 amide bonds. The number of benzene rings is 1. The van der Waals surface area contributed by atoms with Gasteiger partial charge in [0.25, 0.3) is 0 Å². The van der Waals surface area contributed by atoms with E-state index >= 15 is 0 Å². The first kappa shape index (κ1) is 16.2. The summed E-state index contributed by atoms with van der Waals surface area (Å²) in [6.45, 7) is 6.24. The van der Waals surface area contributed by atoms with Gasteiger partial charge in [-0.1, -0.05) is 32.9 Å². The van der Waals surface area contributed by atoms with Crippen LogP contribution in [0, 0.1) is 5.41 Å². The molecule has 0 radical (unpaired) electrons. The van der Waals surface area contributed by atoms with Gasteiger partial charge in [-0.25, -0.2) is 4.79 Å². The first-order chi connectivity index (χ1) is 9.21. The topological polar surface area (TPSA) is 92.4 Å². The maximum absolute atomic E-state index is 11.8. The van der Waals surface area contributed by atoms with Crippen molar-refractivity contribution in [2.24, 2.45) is 11.1 Å². The van der Waals surface area contributed by atoms with Crippen LogP contribution in [-0.2, 0) is 11.2 Å². The number of carbonyl (C=O) groups is 2. The molecule has 1 aromatic carbocycles. The Bertz CT molecular complexity index is 475. The second-order valence-electron chi connectivity index (χ2n) is 5.89. The van der Waals surface area contributed by atoms with Gasteiger partial charge in [0.15, 0.2) is 0 Å². The van der Waals surface area contributed by atoms with Crippen molar-refractivity contribution < 1.29 is 14.7 Å². The highest BCUT2D eigenvalue weighted by Gasteiger charge is 2.26. The van der Waals surface area contributed by atoms with E-state index in [1.165, 1.54) is 0 Å². The summed E-state index contributed by atoms with van der Waals surface area (Å²) in [6, 6.07) is 6.07. The average molecular weight is 278 g/mol. The molecule has 4 N–H and O–H groups in total. The van der Waals surface area contributed by atoms with Crippen molar-refractivity contribution in [2.75, 3.05) is 6.54 Å². The maximum Gasteiger partial charge on any atom is 0.335 e. The summed E-state index contributed by atoms with van der Waals surface area (Å²) in [5.74, 6) is -1.11. The van der Waals surface area contributed by atoms with E-state index in [0.29, 0.717) is 13.0 Å². The van der Waals surface area contributed by atoms with Gasteiger partial charge in [-0.15, -0.1) is 0 Å². The smallest absolute Gasteiger partial charge is 0.335 e. The van der Waals surface area contributed by atoms with E-state index < -0.39 is 12.0 Å². The summed E-state index contributed by atoms with van der Waals surface area (Å²) in [7, 11) is 0. The molecule has 0 aliphatic carbocycles. The third-order valence-electron chi connectivity index (χ3n) is 3.13. The van der Waals surface area contributed by atoms with Crippen molar-refractivity contribution in [1.82, 2.24) is 5.32 Å². The van der Waals surface area contributed by atoms with Crippen LogP contribution in [-0.4, -0.2) is 29.6 Å². The van der Waals surface area contributed by atoms with Gasteiger partial charge in [-0.05, 0) is 29.5 Å². The van der Waals surface area contributed by atoms with Crippen molar-refractivity contribution >= 4 is 11.9 Å². The molecular weight excluding hydrogens is 256 g/mol. The summed E-state index contributed by atoms with van der Waals surface area (Å²) < 4.78 is 0. The molecule has 0 aliphatic heterocycles. The Balaban J connectivity index is 2.45. The number of carbonyl (C=O) groups excluding carboxylic acids is 1. The number of hydrogen-bond donors (Lipinski definition) is 3. The Kier molecular flexibility index (Phi) is 5.27. The molecule has 20 heavy (non-hydrogen) atoms. The predicted molar refractivity (Wildman–Crippen MR) is 77.5 cm³/mol. The first-order valence-corrected chi connectivity index (χ1v) is 6.57. The summed E-state index contributed by atoms with van der Waals surface area (Å²) >= 11 is 0. The van der Waals surface area contributed by atoms with Crippen LogP contribution < -0.4 is 11.1 Å². The lowest BCUT2D eigenvalue weighted by Crippen LogP contribution is -2.48. The standard InChI is InChI=1S/C15H22N2O3/c1-15(2,3)12(16)13(18)17-9-8-10-4-6-11(7-5-10)14(19)20/h4-7,12H,8-9,16H2,1-3H3,(H,17,18)(H,19,20)/t12-/m1/s1. The molecule has 1 rings (SSSR count). The minimum Gasteiger partial charge on any atom is -0.478 e. The molecule has 0 aliphatic rings. The second-order valence-corrected chi connectivity index (χ2v) is 5.89. The largest absolute Gasteiger partial charge is 0.478 e. The number of nitrogens with one attached hydrogen (secondary N) is 1. The number of carboxylic acid groups (broad SMARTS) is 1. The van der Waals surface area contributed by atoms with E-state index in [9.17, 15) is 9.59 Å². The van der Waals surface area contributed by atoms with E-state index in [2.05, 4.69) is 5.32 Å². The Morgan fingerprint density at radius 2 is 1.80 bits per heavy atom. The molecule has 0 bridgehead atoms. The van der Waals surface area contributed by atoms with Gasteiger partial charge in [0.2, 0.25) is 5.91 Å². The zero-order valence-corrected chi connectivity index (χ0v) is 12.1. The van der Waals surface area contributed by atoms with E-state index in [1.54, 1.807) is 24.3 Å². The van der Waals surface area contributed by atoms with Crippen LogP contribution in [0.5, 0.6) is 0 Å². The molecular formula is C15H22N2O3. The normalized spacial score (nSPS) is 12.8. The van der Waals surface area contributed by atoms with Gasteiger partial charge in [0, 0.05) is 6.54 Å². The summed E-state index contributed by atoms with van der Waals surface area (Å²) in [5.41, 5.74) is 6.81. The molecule has 0 saturated heterocycles. The molecule has 0 spiro atoms. The van der Waals surface area contributed by atoms with Gasteiger partial charge in [0.1, 0.15) is 0 Å². The summed E-state index contributed by atoms with van der Waals surface area (Å²) in [5, 5.41) is 11.6. The number of carboxylic acids is 1. The van der Waals surface area contributed by atoms with Crippen LogP contribution >= 0.6 is 0 Å². The minimum absolute atomic E-state index is 0.167. The Morgan fingerprint density at radius 1 is 1.25 bits per heavy atom. The molecule has 0 heterocycles. The van der Waals surface area contributed by atoms with Gasteiger partial charge in [-0.2, -0.15) is 0 Å². The molecule has 5 heteroatoms. The monoisotopic (exact) mass is 278 g/mol. The van der Waals surface area contributed by atoms with Gasteiger partial charge < -0.3 is 16.2 Å². The zero-order valence-electron chi connectivity index (χ0n) is 12.1. The van der Waals surface area contributed by atoms with Crippen molar-refractivity contribution in [3.05, 3.63) is 35.4 Å². The lowest BCUT2D eigenvalue weighted by atomic mass is 9.87. The van der Waals surface area contributed by atoms with Crippen LogP contribution in [0.25, 0.3) is 0 Å². The molecule has 0 fully saturated rings. The fourth-order valence-electron chi connectivity index (χ4n) is 1.65. The van der Waals surface area contributed by atoms with E-state index in [4.69, 9.17) is 10.8 Å². The SMILES string of the molecule is CC(C)(C)[C@H](N)C(=O)NCCc1ccc(C(=O)O)cc1. The van der Waals surface area contributed by atoms with Crippen LogP contribution in [0.15, 0.2) is 24.3 Å². The van der Waals surface area contributed by atoms with Crippen molar-refractivity contribution in [3.8, 4) is 0 Å². The third-order valence-corrected chi connectivity index (χ3v) is 3.13. The van der Waals surface area contributed by atoms with Gasteiger partial charge in [-0.3, -0.25) is 4.79 Å². The fraction of sp³-hybridized carbons (Fsp3) is 0.467. The quantitative estimate of drug-likeness (QED) is 0.759. The van der Waals surface area contributed by atoms with Gasteiger partial charge >= 0.3 is 5.97 Å².